The minimum absolute atomic E-state index is 0.134. The smallest absolute Gasteiger partial charge is 0.242 e. The van der Waals surface area contributed by atoms with Gasteiger partial charge in [0.2, 0.25) is 5.91 Å². The maximum atomic E-state index is 11.4. The summed E-state index contributed by atoms with van der Waals surface area (Å²) in [5, 5.41) is 6.59. The van der Waals surface area contributed by atoms with Crippen LogP contribution in [0.25, 0.3) is 0 Å². The molecule has 5 nitrogen and oxygen atoms in total. The molecule has 0 bridgehead atoms. The van der Waals surface area contributed by atoms with E-state index in [9.17, 15) is 4.79 Å². The van der Waals surface area contributed by atoms with Crippen LogP contribution >= 0.6 is 0 Å². The Morgan fingerprint density at radius 1 is 1.87 bits per heavy atom. The molecule has 0 aliphatic carbocycles. The van der Waals surface area contributed by atoms with Gasteiger partial charge < -0.3 is 11.1 Å². The average molecular weight is 206 g/mol. The quantitative estimate of drug-likeness (QED) is 0.681. The molecular formula is C10H14N4O. The van der Waals surface area contributed by atoms with E-state index in [-0.39, 0.29) is 18.5 Å². The van der Waals surface area contributed by atoms with Gasteiger partial charge in [-0.1, -0.05) is 12.8 Å². The van der Waals surface area contributed by atoms with Crippen molar-refractivity contribution in [1.29, 1.82) is 0 Å². The van der Waals surface area contributed by atoms with Crippen LogP contribution in [-0.4, -0.2) is 21.7 Å². The Hall–Kier alpha value is -1.96. The van der Waals surface area contributed by atoms with E-state index in [2.05, 4.69) is 16.3 Å². The monoisotopic (exact) mass is 206 g/mol. The Morgan fingerprint density at radius 2 is 2.60 bits per heavy atom. The zero-order chi connectivity index (χ0) is 11.3. The summed E-state index contributed by atoms with van der Waals surface area (Å²) in [4.78, 5) is 11.4. The number of carbonyl (C=O) groups is 1. The molecule has 1 heterocycles. The van der Waals surface area contributed by atoms with Crippen molar-refractivity contribution in [3.05, 3.63) is 12.4 Å². The highest BCUT2D eigenvalue weighted by atomic mass is 16.2. The molecule has 1 atom stereocenters. The van der Waals surface area contributed by atoms with E-state index in [1.165, 1.54) is 10.9 Å². The summed E-state index contributed by atoms with van der Waals surface area (Å²) in [7, 11) is 0. The molecule has 1 aromatic rings. The fraction of sp³-hybridized carbons (Fsp3) is 0.400. The van der Waals surface area contributed by atoms with Crippen LogP contribution in [0.3, 0.4) is 0 Å². The first kappa shape index (κ1) is 11.1. The fourth-order valence-electron chi connectivity index (χ4n) is 1.11. The van der Waals surface area contributed by atoms with Gasteiger partial charge in [0.1, 0.15) is 6.54 Å². The first-order valence-electron chi connectivity index (χ1n) is 4.69. The van der Waals surface area contributed by atoms with Crippen LogP contribution in [0.1, 0.15) is 13.3 Å². The summed E-state index contributed by atoms with van der Waals surface area (Å²) < 4.78 is 1.47. The second kappa shape index (κ2) is 5.05. The van der Waals surface area contributed by atoms with Crippen molar-refractivity contribution < 1.29 is 4.79 Å². The third kappa shape index (κ3) is 3.35. The van der Waals surface area contributed by atoms with Crippen molar-refractivity contribution in [3.63, 3.8) is 0 Å². The molecule has 1 unspecified atom stereocenters. The average Bonchev–Trinajstić information content (AvgIpc) is 2.60. The molecule has 1 amide bonds. The van der Waals surface area contributed by atoms with Crippen molar-refractivity contribution in [2.45, 2.75) is 25.9 Å². The molecule has 5 heteroatoms. The number of nitrogen functional groups attached to an aromatic ring is 1. The molecule has 15 heavy (non-hydrogen) atoms. The van der Waals surface area contributed by atoms with Gasteiger partial charge >= 0.3 is 0 Å². The Morgan fingerprint density at radius 3 is 3.07 bits per heavy atom. The fourth-order valence-corrected chi connectivity index (χ4v) is 1.11. The molecule has 0 fully saturated rings. The summed E-state index contributed by atoms with van der Waals surface area (Å²) in [5.74, 6) is 2.32. The number of hydrogen-bond donors (Lipinski definition) is 2. The van der Waals surface area contributed by atoms with Crippen molar-refractivity contribution in [1.82, 2.24) is 15.1 Å². The first-order chi connectivity index (χ1) is 7.15. The molecule has 0 spiro atoms. The molecule has 80 valence electrons. The Bertz CT molecular complexity index is 377. The molecular weight excluding hydrogens is 192 g/mol. The highest BCUT2D eigenvalue weighted by Crippen LogP contribution is 1.97. The largest absolute Gasteiger partial charge is 0.396 e. The molecule has 3 N–H and O–H groups in total. The molecule has 0 saturated carbocycles. The van der Waals surface area contributed by atoms with Gasteiger partial charge in [0.05, 0.1) is 17.9 Å². The van der Waals surface area contributed by atoms with Gasteiger partial charge in [-0.3, -0.25) is 9.48 Å². The van der Waals surface area contributed by atoms with Crippen LogP contribution in [0.2, 0.25) is 0 Å². The number of hydrogen-bond acceptors (Lipinski definition) is 3. The molecule has 1 aromatic heterocycles. The lowest BCUT2D eigenvalue weighted by Gasteiger charge is -2.10. The summed E-state index contributed by atoms with van der Waals surface area (Å²) in [5.41, 5.74) is 5.99. The van der Waals surface area contributed by atoms with Crippen LogP contribution < -0.4 is 11.1 Å². The number of aromatic nitrogens is 2. The molecule has 1 rings (SSSR count). The highest BCUT2D eigenvalue weighted by Gasteiger charge is 2.08. The highest BCUT2D eigenvalue weighted by molar-refractivity contribution is 5.76. The topological polar surface area (TPSA) is 72.9 Å². The summed E-state index contributed by atoms with van der Waals surface area (Å²) in [6.45, 7) is 2.05. The van der Waals surface area contributed by atoms with Crippen molar-refractivity contribution in [3.8, 4) is 12.3 Å². The van der Waals surface area contributed by atoms with E-state index in [0.717, 1.165) is 0 Å². The number of amides is 1. The lowest BCUT2D eigenvalue weighted by Crippen LogP contribution is -2.35. The van der Waals surface area contributed by atoms with Gasteiger partial charge in [-0.05, 0) is 6.42 Å². The van der Waals surface area contributed by atoms with Gasteiger partial charge in [-0.2, -0.15) is 5.10 Å². The maximum Gasteiger partial charge on any atom is 0.242 e. The number of rotatable bonds is 4. The van der Waals surface area contributed by atoms with Gasteiger partial charge in [0.15, 0.2) is 0 Å². The van der Waals surface area contributed by atoms with E-state index < -0.39 is 0 Å². The molecule has 0 saturated heterocycles. The number of nitrogens with two attached hydrogens (primary N) is 1. The lowest BCUT2D eigenvalue weighted by molar-refractivity contribution is -0.122. The van der Waals surface area contributed by atoms with Crippen molar-refractivity contribution in [2.24, 2.45) is 0 Å². The van der Waals surface area contributed by atoms with Crippen molar-refractivity contribution in [2.75, 3.05) is 5.73 Å². The minimum Gasteiger partial charge on any atom is -0.396 e. The standard InChI is InChI=1S/C10H14N4O/c1-3-9(4-2)13-10(15)7-14-6-8(11)5-12-14/h1,5-6,9H,4,7,11H2,2H3,(H,13,15). The van der Waals surface area contributed by atoms with E-state index in [1.807, 2.05) is 6.92 Å². The van der Waals surface area contributed by atoms with E-state index in [0.29, 0.717) is 12.1 Å². The minimum atomic E-state index is -0.217. The van der Waals surface area contributed by atoms with Crippen molar-refractivity contribution >= 4 is 11.6 Å². The number of nitrogens with zero attached hydrogens (tertiary/aromatic N) is 2. The van der Waals surface area contributed by atoms with Crippen LogP contribution in [-0.2, 0) is 11.3 Å². The molecule has 0 aliphatic rings. The van der Waals surface area contributed by atoms with Crippen LogP contribution in [0.5, 0.6) is 0 Å². The molecule has 0 aromatic carbocycles. The third-order valence-corrected chi connectivity index (χ3v) is 1.90. The Kier molecular flexibility index (Phi) is 3.75. The zero-order valence-electron chi connectivity index (χ0n) is 8.60. The predicted octanol–water partition coefficient (Wildman–Crippen LogP) is -0.00670. The maximum absolute atomic E-state index is 11.4. The number of carbonyl (C=O) groups excluding carboxylic acids is 1. The number of terminal acetylenes is 1. The molecule has 0 aliphatic heterocycles. The first-order valence-corrected chi connectivity index (χ1v) is 4.69. The second-order valence-corrected chi connectivity index (χ2v) is 3.17. The lowest BCUT2D eigenvalue weighted by atomic mass is 10.2. The van der Waals surface area contributed by atoms with E-state index in [4.69, 9.17) is 12.2 Å². The Labute approximate surface area is 88.6 Å². The van der Waals surface area contributed by atoms with Crippen LogP contribution in [0.4, 0.5) is 5.69 Å². The summed E-state index contributed by atoms with van der Waals surface area (Å²) >= 11 is 0. The SMILES string of the molecule is C#CC(CC)NC(=O)Cn1cc(N)cn1. The van der Waals surface area contributed by atoms with E-state index >= 15 is 0 Å². The van der Waals surface area contributed by atoms with Gasteiger partial charge in [0.25, 0.3) is 0 Å². The second-order valence-electron chi connectivity index (χ2n) is 3.17. The number of anilines is 1. The number of nitrogens with one attached hydrogen (secondary N) is 1. The van der Waals surface area contributed by atoms with Crippen LogP contribution in [0.15, 0.2) is 12.4 Å². The summed E-state index contributed by atoms with van der Waals surface area (Å²) in [6.07, 6.45) is 9.02. The Balaban J connectivity index is 2.46. The van der Waals surface area contributed by atoms with Gasteiger partial charge in [-0.25, -0.2) is 0 Å². The predicted molar refractivity (Wildman–Crippen MR) is 57.7 cm³/mol. The summed E-state index contributed by atoms with van der Waals surface area (Å²) in [6, 6.07) is -0.217. The van der Waals surface area contributed by atoms with Gasteiger partial charge in [0, 0.05) is 6.20 Å². The zero-order valence-corrected chi connectivity index (χ0v) is 8.60. The van der Waals surface area contributed by atoms with Gasteiger partial charge in [-0.15, -0.1) is 6.42 Å². The molecule has 0 radical (unpaired) electrons. The van der Waals surface area contributed by atoms with E-state index in [1.54, 1.807) is 6.20 Å². The van der Waals surface area contributed by atoms with Crippen LogP contribution in [0, 0.1) is 12.3 Å². The normalized spacial score (nSPS) is 11.7. The third-order valence-electron chi connectivity index (χ3n) is 1.90.